The second-order valence-corrected chi connectivity index (χ2v) is 10.2. The van der Waals surface area contributed by atoms with E-state index in [1.807, 2.05) is 32.0 Å². The maximum atomic E-state index is 13.9. The van der Waals surface area contributed by atoms with Crippen molar-refractivity contribution >= 4 is 44.6 Å². The number of anilines is 1. The molecule has 0 aliphatic heterocycles. The summed E-state index contributed by atoms with van der Waals surface area (Å²) < 4.78 is 27.4. The average Bonchev–Trinajstić information content (AvgIpc) is 2.97. The largest absolute Gasteiger partial charge is 0.493 e. The number of nitrogens with one attached hydrogen (secondary N) is 1. The summed E-state index contributed by atoms with van der Waals surface area (Å²) in [6.45, 7) is 7.47. The molecule has 0 bridgehead atoms. The summed E-state index contributed by atoms with van der Waals surface area (Å²) in [5.41, 5.74) is 1.72. The van der Waals surface area contributed by atoms with Crippen LogP contribution in [0.5, 0.6) is 11.5 Å². The van der Waals surface area contributed by atoms with Crippen LogP contribution in [-0.2, 0) is 11.2 Å². The van der Waals surface area contributed by atoms with E-state index in [4.69, 9.17) is 14.5 Å². The van der Waals surface area contributed by atoms with Gasteiger partial charge in [0.2, 0.25) is 0 Å². The topological polar surface area (TPSA) is 94.8 Å². The number of methoxy groups -OCH3 is 1. The van der Waals surface area contributed by atoms with Crippen LogP contribution in [0.2, 0.25) is 0 Å². The Bertz CT molecular complexity index is 1690. The normalized spacial score (nSPS) is 11.9. The Labute approximate surface area is 245 Å². The Hall–Kier alpha value is -4.31. The molecular formula is C31H30BrFN4O4. The lowest BCUT2D eigenvalue weighted by Gasteiger charge is -2.16. The number of allylic oxidation sites excluding steroid dienone is 1. The van der Waals surface area contributed by atoms with Crippen LogP contribution in [0.1, 0.15) is 43.1 Å². The van der Waals surface area contributed by atoms with Crippen LogP contribution in [0.3, 0.4) is 0 Å². The van der Waals surface area contributed by atoms with Gasteiger partial charge in [-0.05, 0) is 60.9 Å². The first-order valence-electron chi connectivity index (χ1n) is 13.0. The third-order valence-electron chi connectivity index (χ3n) is 6.44. The minimum atomic E-state index is -0.542. The molecule has 0 unspecified atom stereocenters. The predicted molar refractivity (Wildman–Crippen MR) is 163 cm³/mol. The number of hydrogen-bond donors (Lipinski definition) is 1. The van der Waals surface area contributed by atoms with E-state index in [0.29, 0.717) is 45.8 Å². The van der Waals surface area contributed by atoms with Crippen LogP contribution < -0.4 is 20.3 Å². The van der Waals surface area contributed by atoms with Crippen molar-refractivity contribution in [2.45, 2.75) is 32.6 Å². The minimum Gasteiger partial charge on any atom is -0.493 e. The van der Waals surface area contributed by atoms with E-state index in [0.717, 1.165) is 10.9 Å². The highest BCUT2D eigenvalue weighted by Crippen LogP contribution is 2.33. The lowest BCUT2D eigenvalue weighted by atomic mass is 10.1. The Morgan fingerprint density at radius 3 is 2.73 bits per heavy atom. The third kappa shape index (κ3) is 6.89. The summed E-state index contributed by atoms with van der Waals surface area (Å²) in [7, 11) is 1.48. The summed E-state index contributed by atoms with van der Waals surface area (Å²) >= 11 is 3.42. The molecule has 4 aromatic rings. The number of fused-ring (bicyclic) bond motifs is 1. The molecule has 0 aliphatic rings. The monoisotopic (exact) mass is 620 g/mol. The van der Waals surface area contributed by atoms with E-state index in [1.165, 1.54) is 30.0 Å². The highest BCUT2D eigenvalue weighted by Gasteiger charge is 2.17. The SMILES string of the molecule is C=CCc1cc(C=Nn2c([C@H](C)CC)nc3ccc(Br)cc3c2=O)cc(OC)c1OCC(=O)Nc1ccccc1F. The number of carbonyl (C=O) groups excluding carboxylic acids is 1. The van der Waals surface area contributed by atoms with Crippen molar-refractivity contribution in [1.29, 1.82) is 0 Å². The van der Waals surface area contributed by atoms with E-state index in [-0.39, 0.29) is 23.8 Å². The molecule has 0 aliphatic carbocycles. The van der Waals surface area contributed by atoms with Crippen molar-refractivity contribution < 1.29 is 18.7 Å². The average molecular weight is 622 g/mol. The van der Waals surface area contributed by atoms with Gasteiger partial charge in [-0.15, -0.1) is 6.58 Å². The van der Waals surface area contributed by atoms with E-state index in [9.17, 15) is 14.0 Å². The van der Waals surface area contributed by atoms with Crippen molar-refractivity contribution in [3.8, 4) is 11.5 Å². The number of nitrogens with zero attached hydrogens (tertiary/aromatic N) is 3. The number of amides is 1. The zero-order valence-electron chi connectivity index (χ0n) is 23.0. The summed E-state index contributed by atoms with van der Waals surface area (Å²) in [4.78, 5) is 30.7. The second-order valence-electron chi connectivity index (χ2n) is 9.32. The summed E-state index contributed by atoms with van der Waals surface area (Å²) in [6, 6.07) is 14.8. The number of aromatic nitrogens is 2. The van der Waals surface area contributed by atoms with Crippen LogP contribution in [0.25, 0.3) is 10.9 Å². The molecule has 212 valence electrons. The van der Waals surface area contributed by atoms with Crippen molar-refractivity contribution in [1.82, 2.24) is 9.66 Å². The van der Waals surface area contributed by atoms with E-state index < -0.39 is 11.7 Å². The fourth-order valence-corrected chi connectivity index (χ4v) is 4.53. The first-order valence-corrected chi connectivity index (χ1v) is 13.8. The molecule has 1 N–H and O–H groups in total. The van der Waals surface area contributed by atoms with E-state index in [1.54, 1.807) is 30.5 Å². The number of rotatable bonds is 11. The molecule has 8 nitrogen and oxygen atoms in total. The lowest BCUT2D eigenvalue weighted by Crippen LogP contribution is -2.23. The number of halogens is 2. The zero-order valence-corrected chi connectivity index (χ0v) is 24.6. The van der Waals surface area contributed by atoms with Crippen LogP contribution in [-0.4, -0.2) is 35.5 Å². The molecule has 10 heteroatoms. The molecule has 3 aromatic carbocycles. The standard InChI is InChI=1S/C31H30BrFN4O4/c1-5-9-21-14-20(15-27(40-4)29(21)41-18-28(38)35-26-11-8-7-10-24(26)33)17-34-37-30(19(3)6-2)36-25-13-12-22(32)16-23(25)31(37)39/h5,7-8,10-17,19H,1,6,9,18H2,2-4H3,(H,35,38)/t19-/m1/s1. The van der Waals surface area contributed by atoms with Crippen molar-refractivity contribution in [2.24, 2.45) is 5.10 Å². The molecule has 1 amide bonds. The molecule has 0 radical (unpaired) electrons. The fraction of sp³-hybridized carbons (Fsp3) is 0.226. The van der Waals surface area contributed by atoms with Crippen LogP contribution >= 0.6 is 15.9 Å². The van der Waals surface area contributed by atoms with Gasteiger partial charge in [-0.3, -0.25) is 9.59 Å². The maximum Gasteiger partial charge on any atom is 0.282 e. The molecule has 4 rings (SSSR count). The number of ether oxygens (including phenoxy) is 2. The van der Waals surface area contributed by atoms with Gasteiger partial charge in [0.1, 0.15) is 11.6 Å². The van der Waals surface area contributed by atoms with Gasteiger partial charge in [-0.25, -0.2) is 9.37 Å². The maximum absolute atomic E-state index is 13.9. The number of carbonyl (C=O) groups is 1. The van der Waals surface area contributed by atoms with Crippen molar-refractivity contribution in [3.63, 3.8) is 0 Å². The Morgan fingerprint density at radius 1 is 1.24 bits per heavy atom. The molecule has 0 spiro atoms. The molecule has 0 saturated heterocycles. The minimum absolute atomic E-state index is 0.00922. The van der Waals surface area contributed by atoms with Gasteiger partial charge in [-0.1, -0.05) is 48.0 Å². The van der Waals surface area contributed by atoms with E-state index >= 15 is 0 Å². The molecule has 0 fully saturated rings. The van der Waals surface area contributed by atoms with Gasteiger partial charge in [0.25, 0.3) is 11.5 Å². The molecule has 1 atom stereocenters. The first-order chi connectivity index (χ1) is 19.7. The quantitative estimate of drug-likeness (QED) is 0.154. The van der Waals surface area contributed by atoms with Gasteiger partial charge < -0.3 is 14.8 Å². The molecular weight excluding hydrogens is 591 g/mol. The fourth-order valence-electron chi connectivity index (χ4n) is 4.17. The van der Waals surface area contributed by atoms with Gasteiger partial charge in [0.15, 0.2) is 18.1 Å². The number of hydrogen-bond acceptors (Lipinski definition) is 6. The van der Waals surface area contributed by atoms with Crippen LogP contribution in [0.15, 0.2) is 81.6 Å². The van der Waals surface area contributed by atoms with Crippen LogP contribution in [0, 0.1) is 5.82 Å². The molecule has 41 heavy (non-hydrogen) atoms. The number of para-hydroxylation sites is 1. The van der Waals surface area contributed by atoms with E-state index in [2.05, 4.69) is 32.9 Å². The highest BCUT2D eigenvalue weighted by atomic mass is 79.9. The Kier molecular flexibility index (Phi) is 9.67. The third-order valence-corrected chi connectivity index (χ3v) is 6.94. The summed E-state index contributed by atoms with van der Waals surface area (Å²) in [6.07, 6.45) is 4.44. The second kappa shape index (κ2) is 13.4. The Balaban J connectivity index is 1.67. The first kappa shape index (κ1) is 29.7. The smallest absolute Gasteiger partial charge is 0.282 e. The number of benzene rings is 3. The molecule has 0 saturated carbocycles. The van der Waals surface area contributed by atoms with Gasteiger partial charge in [-0.2, -0.15) is 9.78 Å². The summed E-state index contributed by atoms with van der Waals surface area (Å²) in [5, 5.41) is 7.49. The predicted octanol–water partition coefficient (Wildman–Crippen LogP) is 6.45. The van der Waals surface area contributed by atoms with Crippen LogP contribution in [0.4, 0.5) is 10.1 Å². The summed E-state index contributed by atoms with van der Waals surface area (Å²) in [5.74, 6) is 0.189. The van der Waals surface area contributed by atoms with Crippen molar-refractivity contribution in [3.05, 3.63) is 105 Å². The van der Waals surface area contributed by atoms with Gasteiger partial charge in [0.05, 0.1) is 29.9 Å². The van der Waals surface area contributed by atoms with Gasteiger partial charge in [0, 0.05) is 16.0 Å². The molecule has 1 heterocycles. The lowest BCUT2D eigenvalue weighted by molar-refractivity contribution is -0.118. The van der Waals surface area contributed by atoms with Crippen molar-refractivity contribution in [2.75, 3.05) is 19.0 Å². The highest BCUT2D eigenvalue weighted by molar-refractivity contribution is 9.10. The zero-order chi connectivity index (χ0) is 29.5. The molecule has 1 aromatic heterocycles. The van der Waals surface area contributed by atoms with Gasteiger partial charge >= 0.3 is 0 Å². The Morgan fingerprint density at radius 2 is 2.02 bits per heavy atom.